The summed E-state index contributed by atoms with van der Waals surface area (Å²) >= 11 is 0. The summed E-state index contributed by atoms with van der Waals surface area (Å²) in [5, 5.41) is 0. The molecule has 1 aromatic rings. The van der Waals surface area contributed by atoms with Gasteiger partial charge in [-0.25, -0.2) is 9.97 Å². The fraction of sp³-hybridized carbons (Fsp3) is 0.647. The SMILES string of the molecule is C/C=C/c1cc(C(C)(CC)CCCCCC)ncn1. The first-order valence-corrected chi connectivity index (χ1v) is 7.61. The Balaban J connectivity index is 2.79. The summed E-state index contributed by atoms with van der Waals surface area (Å²) in [6.45, 7) is 8.87. The van der Waals surface area contributed by atoms with Crippen molar-refractivity contribution < 1.29 is 0 Å². The molecular formula is C17H28N2. The van der Waals surface area contributed by atoms with E-state index in [2.05, 4.69) is 36.8 Å². The highest BCUT2D eigenvalue weighted by atomic mass is 14.8. The van der Waals surface area contributed by atoms with Gasteiger partial charge >= 0.3 is 0 Å². The van der Waals surface area contributed by atoms with Gasteiger partial charge in [0.1, 0.15) is 6.33 Å². The van der Waals surface area contributed by atoms with Crippen LogP contribution in [0.15, 0.2) is 18.5 Å². The van der Waals surface area contributed by atoms with Crippen molar-refractivity contribution in [2.45, 2.75) is 71.6 Å². The minimum Gasteiger partial charge on any atom is -0.241 e. The minimum atomic E-state index is 0.188. The molecule has 2 nitrogen and oxygen atoms in total. The molecule has 1 unspecified atom stereocenters. The predicted molar refractivity (Wildman–Crippen MR) is 83.1 cm³/mol. The summed E-state index contributed by atoms with van der Waals surface area (Å²) < 4.78 is 0. The van der Waals surface area contributed by atoms with Gasteiger partial charge in [0, 0.05) is 5.41 Å². The van der Waals surface area contributed by atoms with E-state index in [1.54, 1.807) is 6.33 Å². The van der Waals surface area contributed by atoms with E-state index in [0.29, 0.717) is 0 Å². The minimum absolute atomic E-state index is 0.188. The summed E-state index contributed by atoms with van der Waals surface area (Å²) in [7, 11) is 0. The molecule has 19 heavy (non-hydrogen) atoms. The molecule has 1 rings (SSSR count). The van der Waals surface area contributed by atoms with Crippen LogP contribution in [-0.2, 0) is 5.41 Å². The second kappa shape index (κ2) is 8.08. The van der Waals surface area contributed by atoms with E-state index in [-0.39, 0.29) is 5.41 Å². The van der Waals surface area contributed by atoms with Crippen molar-refractivity contribution in [3.8, 4) is 0 Å². The van der Waals surface area contributed by atoms with Crippen molar-refractivity contribution in [3.05, 3.63) is 29.9 Å². The molecule has 0 aliphatic carbocycles. The molecule has 2 heteroatoms. The van der Waals surface area contributed by atoms with Crippen LogP contribution < -0.4 is 0 Å². The molecule has 0 bridgehead atoms. The maximum Gasteiger partial charge on any atom is 0.116 e. The summed E-state index contributed by atoms with van der Waals surface area (Å²) in [5.41, 5.74) is 2.39. The van der Waals surface area contributed by atoms with Crippen molar-refractivity contribution in [2.75, 3.05) is 0 Å². The van der Waals surface area contributed by atoms with E-state index in [1.165, 1.54) is 37.8 Å². The number of hydrogen-bond donors (Lipinski definition) is 0. The number of hydrogen-bond acceptors (Lipinski definition) is 2. The van der Waals surface area contributed by atoms with Gasteiger partial charge in [0.05, 0.1) is 11.4 Å². The zero-order valence-electron chi connectivity index (χ0n) is 12.9. The van der Waals surface area contributed by atoms with Gasteiger partial charge in [0.2, 0.25) is 0 Å². The van der Waals surface area contributed by atoms with E-state index in [9.17, 15) is 0 Å². The first kappa shape index (κ1) is 15.9. The molecule has 1 atom stereocenters. The van der Waals surface area contributed by atoms with Gasteiger partial charge in [0.15, 0.2) is 0 Å². The lowest BCUT2D eigenvalue weighted by Crippen LogP contribution is -2.22. The van der Waals surface area contributed by atoms with Gasteiger partial charge < -0.3 is 0 Å². The van der Waals surface area contributed by atoms with Gasteiger partial charge in [-0.2, -0.15) is 0 Å². The predicted octanol–water partition coefficient (Wildman–Crippen LogP) is 5.15. The topological polar surface area (TPSA) is 25.8 Å². The maximum atomic E-state index is 4.52. The molecule has 0 aromatic carbocycles. The van der Waals surface area contributed by atoms with E-state index < -0.39 is 0 Å². The van der Waals surface area contributed by atoms with E-state index >= 15 is 0 Å². The molecule has 0 saturated heterocycles. The molecule has 0 N–H and O–H groups in total. The van der Waals surface area contributed by atoms with Crippen LogP contribution in [0.1, 0.15) is 77.6 Å². The molecule has 0 aliphatic rings. The van der Waals surface area contributed by atoms with Crippen molar-refractivity contribution in [2.24, 2.45) is 0 Å². The molecule has 1 heterocycles. The smallest absolute Gasteiger partial charge is 0.116 e. The number of rotatable bonds is 8. The Hall–Kier alpha value is -1.18. The maximum absolute atomic E-state index is 4.52. The van der Waals surface area contributed by atoms with E-state index in [1.807, 2.05) is 19.1 Å². The van der Waals surface area contributed by atoms with Gasteiger partial charge in [-0.05, 0) is 31.9 Å². The molecule has 0 aliphatic heterocycles. The van der Waals surface area contributed by atoms with Crippen molar-refractivity contribution in [1.82, 2.24) is 9.97 Å². The Morgan fingerprint density at radius 1 is 1.16 bits per heavy atom. The standard InChI is InChI=1S/C17H28N2/c1-5-8-9-10-12-17(4,7-3)16-13-15(11-6-2)18-14-19-16/h6,11,13-14H,5,7-10,12H2,1-4H3/b11-6+. The first-order valence-electron chi connectivity index (χ1n) is 7.61. The van der Waals surface area contributed by atoms with Crippen LogP contribution in [0.5, 0.6) is 0 Å². The zero-order chi connectivity index (χ0) is 14.1. The highest BCUT2D eigenvalue weighted by molar-refractivity contribution is 5.44. The number of aromatic nitrogens is 2. The average molecular weight is 260 g/mol. The van der Waals surface area contributed by atoms with Gasteiger partial charge in [0.25, 0.3) is 0 Å². The molecule has 1 aromatic heterocycles. The highest BCUT2D eigenvalue weighted by Gasteiger charge is 2.25. The van der Waals surface area contributed by atoms with Crippen LogP contribution in [-0.4, -0.2) is 9.97 Å². The van der Waals surface area contributed by atoms with Gasteiger partial charge in [-0.15, -0.1) is 0 Å². The molecule has 0 fully saturated rings. The Morgan fingerprint density at radius 2 is 1.95 bits per heavy atom. The van der Waals surface area contributed by atoms with Crippen LogP contribution in [0.4, 0.5) is 0 Å². The number of allylic oxidation sites excluding steroid dienone is 1. The average Bonchev–Trinajstić information content (AvgIpc) is 2.44. The molecule has 0 saturated carbocycles. The van der Waals surface area contributed by atoms with Crippen LogP contribution in [0.25, 0.3) is 6.08 Å². The Labute approximate surface area is 118 Å². The van der Waals surface area contributed by atoms with Gasteiger partial charge in [-0.3, -0.25) is 0 Å². The zero-order valence-corrected chi connectivity index (χ0v) is 12.9. The Kier molecular flexibility index (Phi) is 6.75. The van der Waals surface area contributed by atoms with Crippen LogP contribution in [0, 0.1) is 0 Å². The molecule has 106 valence electrons. The summed E-state index contributed by atoms with van der Waals surface area (Å²) in [5.74, 6) is 0. The fourth-order valence-corrected chi connectivity index (χ4v) is 2.39. The third-order valence-corrected chi connectivity index (χ3v) is 4.01. The molecule has 0 amide bonds. The van der Waals surface area contributed by atoms with Crippen LogP contribution in [0.3, 0.4) is 0 Å². The van der Waals surface area contributed by atoms with Crippen LogP contribution in [0.2, 0.25) is 0 Å². The lowest BCUT2D eigenvalue weighted by Gasteiger charge is -2.27. The van der Waals surface area contributed by atoms with Crippen LogP contribution >= 0.6 is 0 Å². The monoisotopic (exact) mass is 260 g/mol. The molecule has 0 radical (unpaired) electrons. The summed E-state index contributed by atoms with van der Waals surface area (Å²) in [6, 6.07) is 2.14. The number of unbranched alkanes of at least 4 members (excludes halogenated alkanes) is 3. The highest BCUT2D eigenvalue weighted by Crippen LogP contribution is 2.32. The normalized spacial score (nSPS) is 14.7. The van der Waals surface area contributed by atoms with Crippen molar-refractivity contribution in [1.29, 1.82) is 0 Å². The third-order valence-electron chi connectivity index (χ3n) is 4.01. The number of nitrogens with zero attached hydrogens (tertiary/aromatic N) is 2. The quantitative estimate of drug-likeness (QED) is 0.604. The lowest BCUT2D eigenvalue weighted by atomic mass is 9.78. The largest absolute Gasteiger partial charge is 0.241 e. The Morgan fingerprint density at radius 3 is 2.58 bits per heavy atom. The Bertz CT molecular complexity index is 398. The third kappa shape index (κ3) is 4.77. The van der Waals surface area contributed by atoms with Crippen molar-refractivity contribution in [3.63, 3.8) is 0 Å². The molecule has 0 spiro atoms. The fourth-order valence-electron chi connectivity index (χ4n) is 2.39. The summed E-state index contributed by atoms with van der Waals surface area (Å²) in [6.07, 6.45) is 13.4. The van der Waals surface area contributed by atoms with E-state index in [4.69, 9.17) is 0 Å². The van der Waals surface area contributed by atoms with Gasteiger partial charge in [-0.1, -0.05) is 52.5 Å². The second-order valence-electron chi connectivity index (χ2n) is 5.55. The summed E-state index contributed by atoms with van der Waals surface area (Å²) in [4.78, 5) is 8.81. The first-order chi connectivity index (χ1) is 9.16. The lowest BCUT2D eigenvalue weighted by molar-refractivity contribution is 0.385. The molecular weight excluding hydrogens is 232 g/mol. The second-order valence-corrected chi connectivity index (χ2v) is 5.55. The van der Waals surface area contributed by atoms with Crippen molar-refractivity contribution >= 4 is 6.08 Å². The van der Waals surface area contributed by atoms with E-state index in [0.717, 1.165) is 12.1 Å².